The molecule has 90 valence electrons. The van der Waals surface area contributed by atoms with Crippen LogP contribution in [0.4, 0.5) is 5.69 Å². The van der Waals surface area contributed by atoms with Crippen molar-refractivity contribution in [3.63, 3.8) is 0 Å². The van der Waals surface area contributed by atoms with E-state index in [0.29, 0.717) is 17.0 Å². The van der Waals surface area contributed by atoms with Crippen LogP contribution in [-0.2, 0) is 9.59 Å². The number of hydrogen-bond donors (Lipinski definition) is 3. The summed E-state index contributed by atoms with van der Waals surface area (Å²) in [4.78, 5) is 23.2. The smallest absolute Gasteiger partial charge is 0.312 e. The highest BCUT2D eigenvalue weighted by atomic mass is 32.2. The van der Waals surface area contributed by atoms with E-state index >= 15 is 0 Å². The number of thioether (sulfide) groups is 1. The molecule has 1 aromatic carbocycles. The molecule has 0 aromatic heterocycles. The van der Waals surface area contributed by atoms with E-state index in [2.05, 4.69) is 5.32 Å². The third-order valence-corrected chi connectivity index (χ3v) is 3.65. The van der Waals surface area contributed by atoms with Gasteiger partial charge in [-0.05, 0) is 17.7 Å². The number of aliphatic carboxylic acids is 1. The van der Waals surface area contributed by atoms with Crippen LogP contribution in [0.2, 0.25) is 0 Å². The highest BCUT2D eigenvalue weighted by Crippen LogP contribution is 2.33. The fraction of sp³-hybridized carbons (Fsp3) is 0.273. The van der Waals surface area contributed by atoms with E-state index in [0.717, 1.165) is 4.90 Å². The van der Waals surface area contributed by atoms with Gasteiger partial charge in [-0.15, -0.1) is 11.8 Å². The Labute approximate surface area is 102 Å². The first-order chi connectivity index (χ1) is 8.11. The Morgan fingerprint density at radius 1 is 1.59 bits per heavy atom. The Balaban J connectivity index is 2.35. The molecule has 4 N–H and O–H groups in total. The molecule has 6 heteroatoms. The van der Waals surface area contributed by atoms with Gasteiger partial charge in [0.25, 0.3) is 0 Å². The van der Waals surface area contributed by atoms with Gasteiger partial charge in [0.2, 0.25) is 5.91 Å². The molecule has 0 bridgehead atoms. The molecule has 0 fully saturated rings. The number of carbonyl (C=O) groups is 2. The van der Waals surface area contributed by atoms with Crippen molar-refractivity contribution in [2.75, 3.05) is 17.6 Å². The van der Waals surface area contributed by atoms with Crippen LogP contribution in [0.1, 0.15) is 11.5 Å². The summed E-state index contributed by atoms with van der Waals surface area (Å²) in [5.74, 6) is -1.36. The van der Waals surface area contributed by atoms with E-state index in [-0.39, 0.29) is 12.5 Å². The predicted octanol–water partition coefficient (Wildman–Crippen LogP) is 0.858. The van der Waals surface area contributed by atoms with Gasteiger partial charge in [0, 0.05) is 11.4 Å². The van der Waals surface area contributed by atoms with Crippen molar-refractivity contribution in [1.29, 1.82) is 0 Å². The summed E-state index contributed by atoms with van der Waals surface area (Å²) in [6, 6.07) is 5.25. The minimum Gasteiger partial charge on any atom is -0.481 e. The molecule has 17 heavy (non-hydrogen) atoms. The summed E-state index contributed by atoms with van der Waals surface area (Å²) in [6.07, 6.45) is 0. The number of carbonyl (C=O) groups excluding carboxylic acids is 1. The summed E-state index contributed by atoms with van der Waals surface area (Å²) >= 11 is 1.44. The predicted molar refractivity (Wildman–Crippen MR) is 65.2 cm³/mol. The zero-order chi connectivity index (χ0) is 12.4. The molecule has 2 rings (SSSR count). The van der Waals surface area contributed by atoms with Crippen LogP contribution >= 0.6 is 11.8 Å². The highest BCUT2D eigenvalue weighted by molar-refractivity contribution is 8.00. The van der Waals surface area contributed by atoms with E-state index in [9.17, 15) is 9.59 Å². The molecule has 1 aliphatic rings. The number of nitrogens with one attached hydrogen (secondary N) is 1. The second kappa shape index (κ2) is 4.77. The lowest BCUT2D eigenvalue weighted by Crippen LogP contribution is -2.22. The van der Waals surface area contributed by atoms with Crippen molar-refractivity contribution < 1.29 is 14.7 Å². The molecule has 0 saturated carbocycles. The Morgan fingerprint density at radius 3 is 3.00 bits per heavy atom. The number of fused-ring (bicyclic) bond motifs is 1. The second-order valence-corrected chi connectivity index (χ2v) is 4.74. The average Bonchev–Trinajstić information content (AvgIpc) is 2.29. The number of benzene rings is 1. The average molecular weight is 252 g/mol. The first kappa shape index (κ1) is 11.9. The monoisotopic (exact) mass is 252 g/mol. The Morgan fingerprint density at radius 2 is 2.35 bits per heavy atom. The van der Waals surface area contributed by atoms with Crippen LogP contribution in [0.25, 0.3) is 0 Å². The quantitative estimate of drug-likeness (QED) is 0.742. The Hall–Kier alpha value is -1.53. The van der Waals surface area contributed by atoms with E-state index in [1.807, 2.05) is 6.07 Å². The molecular weight excluding hydrogens is 240 g/mol. The van der Waals surface area contributed by atoms with Crippen molar-refractivity contribution in [3.05, 3.63) is 23.8 Å². The molecule has 5 nitrogen and oxygen atoms in total. The molecule has 1 amide bonds. The van der Waals surface area contributed by atoms with E-state index in [1.165, 1.54) is 11.8 Å². The van der Waals surface area contributed by atoms with Crippen molar-refractivity contribution in [2.45, 2.75) is 10.8 Å². The van der Waals surface area contributed by atoms with Gasteiger partial charge >= 0.3 is 5.97 Å². The Kier molecular flexibility index (Phi) is 3.35. The molecular formula is C11H12N2O3S. The summed E-state index contributed by atoms with van der Waals surface area (Å²) in [7, 11) is 0. The van der Waals surface area contributed by atoms with E-state index in [4.69, 9.17) is 10.8 Å². The zero-order valence-corrected chi connectivity index (χ0v) is 9.79. The van der Waals surface area contributed by atoms with Crippen LogP contribution in [0, 0.1) is 0 Å². The Bertz CT molecular complexity index is 476. The molecule has 1 aromatic rings. The third-order valence-electron chi connectivity index (χ3n) is 2.57. The van der Waals surface area contributed by atoms with Crippen LogP contribution in [0.15, 0.2) is 23.1 Å². The van der Waals surface area contributed by atoms with Crippen molar-refractivity contribution in [1.82, 2.24) is 0 Å². The van der Waals surface area contributed by atoms with Crippen molar-refractivity contribution in [2.24, 2.45) is 5.73 Å². The minimum atomic E-state index is -0.956. The number of nitrogens with two attached hydrogens (primary N) is 1. The first-order valence-electron chi connectivity index (χ1n) is 5.11. The molecule has 1 atom stereocenters. The van der Waals surface area contributed by atoms with Gasteiger partial charge in [-0.3, -0.25) is 9.59 Å². The second-order valence-electron chi connectivity index (χ2n) is 3.72. The van der Waals surface area contributed by atoms with Gasteiger partial charge in [0.15, 0.2) is 0 Å². The van der Waals surface area contributed by atoms with Gasteiger partial charge in [-0.25, -0.2) is 0 Å². The van der Waals surface area contributed by atoms with Gasteiger partial charge in [0.1, 0.15) is 0 Å². The first-order valence-corrected chi connectivity index (χ1v) is 6.10. The summed E-state index contributed by atoms with van der Waals surface area (Å²) in [5.41, 5.74) is 6.72. The highest BCUT2D eigenvalue weighted by Gasteiger charge is 2.21. The summed E-state index contributed by atoms with van der Waals surface area (Å²) in [6.45, 7) is 0.0369. The minimum absolute atomic E-state index is 0.0369. The van der Waals surface area contributed by atoms with Crippen LogP contribution in [0.5, 0.6) is 0 Å². The number of anilines is 1. The lowest BCUT2D eigenvalue weighted by atomic mass is 9.99. The van der Waals surface area contributed by atoms with E-state index in [1.54, 1.807) is 12.1 Å². The van der Waals surface area contributed by atoms with Crippen LogP contribution in [-0.4, -0.2) is 29.3 Å². The van der Waals surface area contributed by atoms with Crippen molar-refractivity contribution >= 4 is 29.3 Å². The summed E-state index contributed by atoms with van der Waals surface area (Å²) in [5, 5.41) is 11.7. The molecule has 1 aliphatic heterocycles. The molecule has 1 unspecified atom stereocenters. The lowest BCUT2D eigenvalue weighted by molar-refractivity contribution is -0.138. The number of carboxylic acids is 1. The third kappa shape index (κ3) is 2.42. The van der Waals surface area contributed by atoms with Crippen LogP contribution < -0.4 is 11.1 Å². The van der Waals surface area contributed by atoms with Gasteiger partial charge in [0.05, 0.1) is 17.4 Å². The summed E-state index contributed by atoms with van der Waals surface area (Å²) < 4.78 is 0. The number of carboxylic acid groups (broad SMARTS) is 1. The number of amides is 1. The topological polar surface area (TPSA) is 92.4 Å². The molecule has 1 heterocycles. The van der Waals surface area contributed by atoms with Gasteiger partial charge in [-0.1, -0.05) is 6.07 Å². The maximum atomic E-state index is 11.2. The lowest BCUT2D eigenvalue weighted by Gasteiger charge is -2.18. The number of hydrogen-bond acceptors (Lipinski definition) is 4. The maximum absolute atomic E-state index is 11.2. The fourth-order valence-corrected chi connectivity index (χ4v) is 2.49. The molecule has 0 spiro atoms. The molecule has 0 saturated heterocycles. The van der Waals surface area contributed by atoms with Crippen LogP contribution in [0.3, 0.4) is 0 Å². The van der Waals surface area contributed by atoms with Crippen molar-refractivity contribution in [3.8, 4) is 0 Å². The molecule has 0 radical (unpaired) electrons. The SMILES string of the molecule is NCC(C(=O)O)c1ccc2c(c1)NC(=O)CS2. The van der Waals surface area contributed by atoms with E-state index < -0.39 is 11.9 Å². The standard InChI is InChI=1S/C11H12N2O3S/c12-4-7(11(15)16)6-1-2-9-8(3-6)13-10(14)5-17-9/h1-3,7H,4-5,12H2,(H,13,14)(H,15,16). The largest absolute Gasteiger partial charge is 0.481 e. The zero-order valence-electron chi connectivity index (χ0n) is 8.97. The van der Waals surface area contributed by atoms with Gasteiger partial charge < -0.3 is 16.2 Å². The fourth-order valence-electron chi connectivity index (χ4n) is 1.70. The van der Waals surface area contributed by atoms with Gasteiger partial charge in [-0.2, -0.15) is 0 Å². The number of rotatable bonds is 3. The maximum Gasteiger partial charge on any atom is 0.312 e. The normalized spacial score (nSPS) is 15.9. The molecule has 0 aliphatic carbocycles.